The molecule has 2 rings (SSSR count). The third-order valence-corrected chi connectivity index (χ3v) is 6.21. The minimum atomic E-state index is -0.659. The lowest BCUT2D eigenvalue weighted by Gasteiger charge is -2.11. The van der Waals surface area contributed by atoms with Gasteiger partial charge in [-0.2, -0.15) is 0 Å². The average Bonchev–Trinajstić information content (AvgIpc) is 2.86. The molecule has 2 aromatic carbocycles. The molecule has 0 saturated heterocycles. The molecule has 4 nitrogen and oxygen atoms in total. The van der Waals surface area contributed by atoms with Gasteiger partial charge in [0.25, 0.3) is 0 Å². The minimum Gasteiger partial charge on any atom is -0.434 e. The molecule has 0 fully saturated rings. The largest absolute Gasteiger partial charge is 0.513 e. The van der Waals surface area contributed by atoms with Crippen LogP contribution in [0.15, 0.2) is 48.5 Å². The minimum absolute atomic E-state index is 0.0555. The smallest absolute Gasteiger partial charge is 0.434 e. The summed E-state index contributed by atoms with van der Waals surface area (Å²) in [5.41, 5.74) is 2.78. The number of unbranched alkanes of at least 4 members (excludes halogenated alkanes) is 8. The number of rotatable bonds is 16. The Kier molecular flexibility index (Phi) is 13.1. The molecule has 0 aliphatic carbocycles. The Morgan fingerprint density at radius 3 is 1.85 bits per heavy atom. The molecule has 0 saturated carbocycles. The van der Waals surface area contributed by atoms with Gasteiger partial charge in [0, 0.05) is 11.5 Å². The molecular weight excluding hydrogens is 424 g/mol. The Morgan fingerprint density at radius 1 is 0.706 bits per heavy atom. The van der Waals surface area contributed by atoms with Crippen LogP contribution in [-0.4, -0.2) is 18.5 Å². The molecule has 0 N–H and O–H groups in total. The highest BCUT2D eigenvalue weighted by atomic mass is 16.7. The summed E-state index contributed by atoms with van der Waals surface area (Å²) in [5, 5.41) is 0. The molecule has 1 unspecified atom stereocenters. The van der Waals surface area contributed by atoms with Gasteiger partial charge in [0.15, 0.2) is 5.78 Å². The summed E-state index contributed by atoms with van der Waals surface area (Å²) in [6, 6.07) is 15.1. The number of carbonyl (C=O) groups excluding carboxylic acids is 2. The maximum atomic E-state index is 12.7. The number of Topliss-reactive ketones (excluding diaryl/α,β-unsaturated/α-hetero) is 1. The van der Waals surface area contributed by atoms with Crippen LogP contribution in [0.3, 0.4) is 0 Å². The Labute approximate surface area is 206 Å². The van der Waals surface area contributed by atoms with Gasteiger partial charge in [-0.15, -0.1) is 0 Å². The van der Waals surface area contributed by atoms with Gasteiger partial charge < -0.3 is 9.47 Å². The van der Waals surface area contributed by atoms with Crippen molar-refractivity contribution >= 4 is 11.9 Å². The van der Waals surface area contributed by atoms with Crippen molar-refractivity contribution in [2.45, 2.75) is 91.4 Å². The van der Waals surface area contributed by atoms with Gasteiger partial charge in [-0.3, -0.25) is 4.79 Å². The maximum absolute atomic E-state index is 12.7. The van der Waals surface area contributed by atoms with Crippen molar-refractivity contribution in [3.63, 3.8) is 0 Å². The van der Waals surface area contributed by atoms with Crippen LogP contribution in [0, 0.1) is 5.92 Å². The molecule has 0 heterocycles. The summed E-state index contributed by atoms with van der Waals surface area (Å²) < 4.78 is 10.4. The fourth-order valence-electron chi connectivity index (χ4n) is 4.00. The first-order chi connectivity index (χ1) is 16.5. The van der Waals surface area contributed by atoms with Crippen molar-refractivity contribution in [1.82, 2.24) is 0 Å². The molecule has 4 heteroatoms. The Hall–Kier alpha value is -2.62. The predicted octanol–water partition coefficient (Wildman–Crippen LogP) is 9.02. The van der Waals surface area contributed by atoms with Crippen LogP contribution in [0.25, 0.3) is 11.1 Å². The molecule has 0 radical (unpaired) electrons. The van der Waals surface area contributed by atoms with E-state index in [4.69, 9.17) is 9.47 Å². The van der Waals surface area contributed by atoms with Crippen molar-refractivity contribution in [2.24, 2.45) is 5.92 Å². The maximum Gasteiger partial charge on any atom is 0.513 e. The van der Waals surface area contributed by atoms with Gasteiger partial charge in [-0.25, -0.2) is 4.79 Å². The van der Waals surface area contributed by atoms with Gasteiger partial charge in [-0.05, 0) is 36.1 Å². The topological polar surface area (TPSA) is 52.6 Å². The molecule has 0 aliphatic rings. The summed E-state index contributed by atoms with van der Waals surface area (Å²) in [4.78, 5) is 24.6. The lowest BCUT2D eigenvalue weighted by atomic mass is 9.93. The van der Waals surface area contributed by atoms with Crippen molar-refractivity contribution in [2.75, 3.05) is 6.61 Å². The third-order valence-electron chi connectivity index (χ3n) is 6.21. The van der Waals surface area contributed by atoms with E-state index < -0.39 is 6.16 Å². The van der Waals surface area contributed by atoms with E-state index in [-0.39, 0.29) is 11.7 Å². The number of hydrogen-bond acceptors (Lipinski definition) is 4. The normalized spacial score (nSPS) is 11.7. The number of ether oxygens (including phenoxy) is 2. The highest BCUT2D eigenvalue weighted by Gasteiger charge is 2.15. The first kappa shape index (κ1) is 27.6. The van der Waals surface area contributed by atoms with E-state index in [0.717, 1.165) is 42.4 Å². The van der Waals surface area contributed by atoms with E-state index in [2.05, 4.69) is 13.8 Å². The van der Waals surface area contributed by atoms with E-state index in [9.17, 15) is 9.59 Å². The quantitative estimate of drug-likeness (QED) is 0.107. The van der Waals surface area contributed by atoms with Crippen LogP contribution < -0.4 is 4.74 Å². The summed E-state index contributed by atoms with van der Waals surface area (Å²) in [7, 11) is 0. The lowest BCUT2D eigenvalue weighted by molar-refractivity contribution is 0.0921. The molecule has 2 aromatic rings. The second kappa shape index (κ2) is 16.1. The molecule has 1 atom stereocenters. The van der Waals surface area contributed by atoms with Crippen LogP contribution in [0.2, 0.25) is 0 Å². The fourth-order valence-corrected chi connectivity index (χ4v) is 4.00. The van der Waals surface area contributed by atoms with Crippen molar-refractivity contribution in [1.29, 1.82) is 0 Å². The van der Waals surface area contributed by atoms with Crippen LogP contribution in [0.4, 0.5) is 4.79 Å². The molecular formula is C30H42O4. The summed E-state index contributed by atoms with van der Waals surface area (Å²) >= 11 is 0. The van der Waals surface area contributed by atoms with Gasteiger partial charge in [0.1, 0.15) is 5.75 Å². The van der Waals surface area contributed by atoms with Crippen molar-refractivity contribution < 1.29 is 19.1 Å². The lowest BCUT2D eigenvalue weighted by Crippen LogP contribution is -2.11. The highest BCUT2D eigenvalue weighted by molar-refractivity contribution is 5.98. The predicted molar refractivity (Wildman–Crippen MR) is 139 cm³/mol. The number of carbonyl (C=O) groups is 2. The zero-order valence-corrected chi connectivity index (χ0v) is 21.3. The Balaban J connectivity index is 1.78. The van der Waals surface area contributed by atoms with Gasteiger partial charge in [0.2, 0.25) is 0 Å². The van der Waals surface area contributed by atoms with Crippen molar-refractivity contribution in [3.05, 3.63) is 54.1 Å². The standard InChI is InChI=1S/C30H42O4/c1-4-6-8-10-11-13-23-33-30(32)34-28-21-19-26(20-22-28)25-15-17-27(18-16-25)29(31)24(3)14-12-9-7-5-2/h15-22,24H,4-14,23H2,1-3H3. The number of ketones is 1. The SMILES string of the molecule is CCCCCCCCOC(=O)Oc1ccc(-c2ccc(C(=O)C(C)CCCCCC)cc2)cc1. The molecule has 0 aromatic heterocycles. The summed E-state index contributed by atoms with van der Waals surface area (Å²) in [6.45, 7) is 6.81. The monoisotopic (exact) mass is 466 g/mol. The molecule has 186 valence electrons. The number of benzene rings is 2. The zero-order chi connectivity index (χ0) is 24.6. The highest BCUT2D eigenvalue weighted by Crippen LogP contribution is 2.24. The Bertz CT molecular complexity index is 839. The van der Waals surface area contributed by atoms with Crippen LogP contribution in [-0.2, 0) is 4.74 Å². The van der Waals surface area contributed by atoms with Crippen molar-refractivity contribution in [3.8, 4) is 16.9 Å². The fraction of sp³-hybridized carbons (Fsp3) is 0.533. The second-order valence-electron chi connectivity index (χ2n) is 9.18. The molecule has 0 aliphatic heterocycles. The number of hydrogen-bond donors (Lipinski definition) is 0. The molecule has 0 amide bonds. The van der Waals surface area contributed by atoms with E-state index in [1.165, 1.54) is 44.9 Å². The summed E-state index contributed by atoms with van der Waals surface area (Å²) in [5.74, 6) is 0.728. The third kappa shape index (κ3) is 10.1. The van der Waals surface area contributed by atoms with Gasteiger partial charge in [0.05, 0.1) is 6.61 Å². The Morgan fingerprint density at radius 2 is 1.24 bits per heavy atom. The summed E-state index contributed by atoms with van der Waals surface area (Å²) in [6.07, 6.45) is 11.9. The molecule has 0 bridgehead atoms. The second-order valence-corrected chi connectivity index (χ2v) is 9.18. The molecule has 0 spiro atoms. The van der Waals surface area contributed by atoms with Gasteiger partial charge >= 0.3 is 6.16 Å². The van der Waals surface area contributed by atoms with Crippen LogP contribution in [0.5, 0.6) is 5.75 Å². The zero-order valence-electron chi connectivity index (χ0n) is 21.3. The van der Waals surface area contributed by atoms with E-state index in [1.807, 2.05) is 43.3 Å². The average molecular weight is 467 g/mol. The first-order valence-electron chi connectivity index (χ1n) is 13.1. The molecule has 34 heavy (non-hydrogen) atoms. The van der Waals surface area contributed by atoms with E-state index in [0.29, 0.717) is 12.4 Å². The van der Waals surface area contributed by atoms with Crippen LogP contribution in [0.1, 0.15) is 102 Å². The van der Waals surface area contributed by atoms with E-state index in [1.54, 1.807) is 12.1 Å². The van der Waals surface area contributed by atoms with Crippen LogP contribution >= 0.6 is 0 Å². The first-order valence-corrected chi connectivity index (χ1v) is 13.1. The van der Waals surface area contributed by atoms with E-state index >= 15 is 0 Å². The van der Waals surface area contributed by atoms with Gasteiger partial charge in [-0.1, -0.05) is 115 Å².